The Morgan fingerprint density at radius 1 is 1.25 bits per heavy atom. The van der Waals surface area contributed by atoms with Gasteiger partial charge in [0.1, 0.15) is 5.52 Å². The molecule has 2 N–H and O–H groups in total. The summed E-state index contributed by atoms with van der Waals surface area (Å²) < 4.78 is 1.89. The van der Waals surface area contributed by atoms with Crippen molar-refractivity contribution < 1.29 is 4.79 Å². The summed E-state index contributed by atoms with van der Waals surface area (Å²) in [4.78, 5) is 21.1. The number of hydrogen-bond acceptors (Lipinski definition) is 5. The molecule has 1 atom stereocenters. The Morgan fingerprint density at radius 3 is 2.88 bits per heavy atom. The highest BCUT2D eigenvalue weighted by Gasteiger charge is 2.25. The lowest BCUT2D eigenvalue weighted by molar-refractivity contribution is -0.124. The lowest BCUT2D eigenvalue weighted by Crippen LogP contribution is -2.32. The van der Waals surface area contributed by atoms with Crippen LogP contribution in [0.25, 0.3) is 11.2 Å². The average molecular weight is 328 g/mol. The zero-order chi connectivity index (χ0) is 16.4. The van der Waals surface area contributed by atoms with E-state index in [-0.39, 0.29) is 11.8 Å². The van der Waals surface area contributed by atoms with E-state index in [2.05, 4.69) is 20.6 Å². The van der Waals surface area contributed by atoms with Gasteiger partial charge in [0.25, 0.3) is 0 Å². The Labute approximate surface area is 141 Å². The van der Waals surface area contributed by atoms with E-state index in [1.54, 1.807) is 12.4 Å². The second kappa shape index (κ2) is 6.84. The van der Waals surface area contributed by atoms with Gasteiger partial charge in [-0.3, -0.25) is 4.79 Å². The normalized spacial score (nSPS) is 21.6. The predicted molar refractivity (Wildman–Crippen MR) is 90.5 cm³/mol. The number of carbonyl (C=O) groups is 1. The summed E-state index contributed by atoms with van der Waals surface area (Å²) in [5, 5.41) is 11.2. The maximum Gasteiger partial charge on any atom is 0.223 e. The van der Waals surface area contributed by atoms with Crippen molar-refractivity contribution in [3.63, 3.8) is 0 Å². The summed E-state index contributed by atoms with van der Waals surface area (Å²) in [7, 11) is 0. The summed E-state index contributed by atoms with van der Waals surface area (Å²) in [6, 6.07) is 0. The number of rotatable bonds is 5. The van der Waals surface area contributed by atoms with E-state index in [9.17, 15) is 4.79 Å². The van der Waals surface area contributed by atoms with E-state index in [1.807, 2.05) is 4.68 Å². The fraction of sp³-hybridized carbons (Fsp3) is 0.647. The third-order valence-electron chi connectivity index (χ3n) is 5.19. The zero-order valence-electron chi connectivity index (χ0n) is 13.9. The molecule has 2 aromatic heterocycles. The molecule has 1 amide bonds. The van der Waals surface area contributed by atoms with Gasteiger partial charge in [0.15, 0.2) is 5.65 Å². The van der Waals surface area contributed by atoms with Crippen LogP contribution in [0.2, 0.25) is 0 Å². The summed E-state index contributed by atoms with van der Waals surface area (Å²) >= 11 is 0. The number of hydrogen-bond donors (Lipinski definition) is 2. The lowest BCUT2D eigenvalue weighted by Gasteiger charge is -2.10. The predicted octanol–water partition coefficient (Wildman–Crippen LogP) is 1.21. The van der Waals surface area contributed by atoms with Gasteiger partial charge in [0.2, 0.25) is 5.91 Å². The van der Waals surface area contributed by atoms with Crippen LogP contribution in [0.3, 0.4) is 0 Å². The molecule has 0 spiro atoms. The maximum absolute atomic E-state index is 12.1. The average Bonchev–Trinajstić information content (AvgIpc) is 3.35. The van der Waals surface area contributed by atoms with E-state index in [4.69, 9.17) is 5.10 Å². The molecule has 2 fully saturated rings. The largest absolute Gasteiger partial charge is 0.354 e. The maximum atomic E-state index is 12.1. The topological polar surface area (TPSA) is 84.7 Å². The van der Waals surface area contributed by atoms with Crippen molar-refractivity contribution in [1.29, 1.82) is 0 Å². The molecule has 2 aromatic rings. The summed E-state index contributed by atoms with van der Waals surface area (Å²) in [5.41, 5.74) is 2.74. The van der Waals surface area contributed by atoms with Crippen LogP contribution in [-0.4, -0.2) is 45.3 Å². The SMILES string of the molecule is O=C(NCCn1nc(C2CCNC2)c2nccnc21)C1CCCC1. The Bertz CT molecular complexity index is 715. The van der Waals surface area contributed by atoms with Gasteiger partial charge >= 0.3 is 0 Å². The number of aromatic nitrogens is 4. The minimum absolute atomic E-state index is 0.190. The molecule has 1 saturated heterocycles. The lowest BCUT2D eigenvalue weighted by atomic mass is 10.0. The highest BCUT2D eigenvalue weighted by Crippen LogP contribution is 2.27. The molecule has 1 aliphatic heterocycles. The molecule has 0 aromatic carbocycles. The van der Waals surface area contributed by atoms with E-state index in [0.29, 0.717) is 19.0 Å². The summed E-state index contributed by atoms with van der Waals surface area (Å²) in [5.74, 6) is 0.799. The fourth-order valence-electron chi connectivity index (χ4n) is 3.86. The molecule has 0 bridgehead atoms. The second-order valence-electron chi connectivity index (χ2n) is 6.80. The number of carbonyl (C=O) groups excluding carboxylic acids is 1. The van der Waals surface area contributed by atoms with Crippen molar-refractivity contribution in [1.82, 2.24) is 30.4 Å². The van der Waals surface area contributed by atoms with Crippen LogP contribution in [-0.2, 0) is 11.3 Å². The molecule has 1 saturated carbocycles. The van der Waals surface area contributed by atoms with Gasteiger partial charge in [0, 0.05) is 37.3 Å². The molecule has 24 heavy (non-hydrogen) atoms. The van der Waals surface area contributed by atoms with Gasteiger partial charge < -0.3 is 10.6 Å². The Balaban J connectivity index is 1.46. The van der Waals surface area contributed by atoms with Crippen LogP contribution in [0.5, 0.6) is 0 Å². The molecule has 7 nitrogen and oxygen atoms in total. The molecule has 0 radical (unpaired) electrons. The Kier molecular flexibility index (Phi) is 4.42. The van der Waals surface area contributed by atoms with Crippen molar-refractivity contribution in [2.45, 2.75) is 44.6 Å². The fourth-order valence-corrected chi connectivity index (χ4v) is 3.86. The van der Waals surface area contributed by atoms with E-state index < -0.39 is 0 Å². The number of nitrogens with zero attached hydrogens (tertiary/aromatic N) is 4. The van der Waals surface area contributed by atoms with Gasteiger partial charge in [-0.25, -0.2) is 14.6 Å². The van der Waals surface area contributed by atoms with Crippen molar-refractivity contribution in [3.8, 4) is 0 Å². The minimum Gasteiger partial charge on any atom is -0.354 e. The van der Waals surface area contributed by atoms with Crippen molar-refractivity contribution in [3.05, 3.63) is 18.1 Å². The first-order valence-corrected chi connectivity index (χ1v) is 8.99. The number of nitrogens with one attached hydrogen (secondary N) is 2. The van der Waals surface area contributed by atoms with Crippen LogP contribution >= 0.6 is 0 Å². The quantitative estimate of drug-likeness (QED) is 0.862. The monoisotopic (exact) mass is 328 g/mol. The van der Waals surface area contributed by atoms with E-state index in [1.165, 1.54) is 12.8 Å². The van der Waals surface area contributed by atoms with Crippen LogP contribution in [0.4, 0.5) is 0 Å². The highest BCUT2D eigenvalue weighted by molar-refractivity contribution is 5.78. The van der Waals surface area contributed by atoms with Gasteiger partial charge in [-0.2, -0.15) is 5.10 Å². The van der Waals surface area contributed by atoms with Gasteiger partial charge in [-0.05, 0) is 25.8 Å². The molecule has 3 heterocycles. The smallest absolute Gasteiger partial charge is 0.223 e. The Morgan fingerprint density at radius 2 is 2.08 bits per heavy atom. The molecule has 2 aliphatic rings. The summed E-state index contributed by atoms with van der Waals surface area (Å²) in [6.07, 6.45) is 8.92. The van der Waals surface area contributed by atoms with Crippen molar-refractivity contribution >= 4 is 17.1 Å². The zero-order valence-corrected chi connectivity index (χ0v) is 13.9. The van der Waals surface area contributed by atoms with E-state index in [0.717, 1.165) is 49.2 Å². The molecular weight excluding hydrogens is 304 g/mol. The number of amides is 1. The highest BCUT2D eigenvalue weighted by atomic mass is 16.1. The molecule has 4 rings (SSSR count). The van der Waals surface area contributed by atoms with E-state index >= 15 is 0 Å². The molecule has 128 valence electrons. The minimum atomic E-state index is 0.190. The standard InChI is InChI=1S/C17H24N6O/c24-17(12-3-1-2-4-12)21-9-10-23-16-15(19-7-8-20-16)14(22-23)13-5-6-18-11-13/h7-8,12-13,18H,1-6,9-11H2,(H,21,24). The number of fused-ring (bicyclic) bond motifs is 1. The first-order valence-electron chi connectivity index (χ1n) is 8.99. The van der Waals surface area contributed by atoms with Crippen LogP contribution in [0.1, 0.15) is 43.7 Å². The molecular formula is C17H24N6O. The van der Waals surface area contributed by atoms with Crippen LogP contribution < -0.4 is 10.6 Å². The molecule has 1 aliphatic carbocycles. The van der Waals surface area contributed by atoms with Crippen LogP contribution in [0.15, 0.2) is 12.4 Å². The van der Waals surface area contributed by atoms with Crippen molar-refractivity contribution in [2.24, 2.45) is 5.92 Å². The Hall–Kier alpha value is -2.02. The third kappa shape index (κ3) is 3.00. The summed E-state index contributed by atoms with van der Waals surface area (Å²) in [6.45, 7) is 3.19. The molecule has 7 heteroatoms. The van der Waals surface area contributed by atoms with Crippen molar-refractivity contribution in [2.75, 3.05) is 19.6 Å². The first kappa shape index (κ1) is 15.5. The first-order chi connectivity index (χ1) is 11.8. The second-order valence-corrected chi connectivity index (χ2v) is 6.80. The van der Waals surface area contributed by atoms with Gasteiger partial charge in [-0.15, -0.1) is 0 Å². The van der Waals surface area contributed by atoms with Crippen LogP contribution in [0, 0.1) is 5.92 Å². The van der Waals surface area contributed by atoms with Gasteiger partial charge in [-0.1, -0.05) is 12.8 Å². The third-order valence-corrected chi connectivity index (χ3v) is 5.19. The van der Waals surface area contributed by atoms with Gasteiger partial charge in [0.05, 0.1) is 12.2 Å². The molecule has 1 unspecified atom stereocenters.